The van der Waals surface area contributed by atoms with Gasteiger partial charge in [0.25, 0.3) is 0 Å². The molecule has 3 N–H and O–H groups in total. The molecule has 0 bridgehead atoms. The number of rotatable bonds is 5. The summed E-state index contributed by atoms with van der Waals surface area (Å²) in [5.41, 5.74) is 5.15. The second kappa shape index (κ2) is 5.21. The van der Waals surface area contributed by atoms with Crippen LogP contribution in [-0.2, 0) is 4.74 Å². The van der Waals surface area contributed by atoms with Crippen molar-refractivity contribution < 1.29 is 9.66 Å². The van der Waals surface area contributed by atoms with E-state index in [1.54, 1.807) is 7.11 Å². The molecular weight excluding hydrogens is 214 g/mol. The first-order valence-corrected chi connectivity index (χ1v) is 4.57. The zero-order valence-corrected chi connectivity index (χ0v) is 9.01. The second-order valence-corrected chi connectivity index (χ2v) is 3.22. The minimum Gasteiger partial charge on any atom is -0.383 e. The first-order chi connectivity index (χ1) is 7.54. The minimum atomic E-state index is -0.568. The van der Waals surface area contributed by atoms with Gasteiger partial charge in [-0.05, 0) is 6.92 Å². The van der Waals surface area contributed by atoms with E-state index in [1.807, 2.05) is 6.92 Å². The predicted molar refractivity (Wildman–Crippen MR) is 58.1 cm³/mol. The van der Waals surface area contributed by atoms with Crippen LogP contribution in [0.15, 0.2) is 6.20 Å². The average Bonchev–Trinajstić information content (AvgIpc) is 2.17. The summed E-state index contributed by atoms with van der Waals surface area (Å²) in [6.45, 7) is 2.21. The van der Waals surface area contributed by atoms with Gasteiger partial charge in [0, 0.05) is 13.2 Å². The van der Waals surface area contributed by atoms with E-state index < -0.39 is 4.92 Å². The summed E-state index contributed by atoms with van der Waals surface area (Å²) < 4.78 is 4.90. The van der Waals surface area contributed by atoms with Crippen molar-refractivity contribution in [2.45, 2.75) is 13.0 Å². The molecule has 8 heteroatoms. The maximum absolute atomic E-state index is 10.7. The van der Waals surface area contributed by atoms with Crippen LogP contribution in [0.1, 0.15) is 6.92 Å². The Hall–Kier alpha value is -1.96. The van der Waals surface area contributed by atoms with Crippen molar-refractivity contribution in [2.75, 3.05) is 24.8 Å². The van der Waals surface area contributed by atoms with Crippen LogP contribution >= 0.6 is 0 Å². The van der Waals surface area contributed by atoms with Crippen LogP contribution in [0, 0.1) is 10.1 Å². The van der Waals surface area contributed by atoms with Crippen LogP contribution in [0.5, 0.6) is 0 Å². The molecule has 0 saturated heterocycles. The zero-order valence-electron chi connectivity index (χ0n) is 9.01. The quantitative estimate of drug-likeness (QED) is 0.552. The van der Waals surface area contributed by atoms with Gasteiger partial charge in [-0.25, -0.2) is 4.98 Å². The smallest absolute Gasteiger partial charge is 0.329 e. The average molecular weight is 227 g/mol. The van der Waals surface area contributed by atoms with Gasteiger partial charge in [0.2, 0.25) is 11.8 Å². The fourth-order valence-corrected chi connectivity index (χ4v) is 1.15. The first-order valence-electron chi connectivity index (χ1n) is 4.57. The van der Waals surface area contributed by atoms with Crippen LogP contribution in [0.3, 0.4) is 0 Å². The van der Waals surface area contributed by atoms with Crippen LogP contribution in [0.25, 0.3) is 0 Å². The Morgan fingerprint density at radius 2 is 2.44 bits per heavy atom. The Labute approximate surface area is 92.0 Å². The fourth-order valence-electron chi connectivity index (χ4n) is 1.15. The molecule has 0 saturated carbocycles. The Morgan fingerprint density at radius 1 is 1.75 bits per heavy atom. The van der Waals surface area contributed by atoms with Crippen LogP contribution in [0.2, 0.25) is 0 Å². The second-order valence-electron chi connectivity index (χ2n) is 3.22. The molecule has 0 aromatic carbocycles. The van der Waals surface area contributed by atoms with Crippen LogP contribution in [0.4, 0.5) is 17.5 Å². The molecule has 8 nitrogen and oxygen atoms in total. The lowest BCUT2D eigenvalue weighted by Crippen LogP contribution is -2.22. The highest BCUT2D eigenvalue weighted by molar-refractivity contribution is 5.56. The molecule has 0 aliphatic carbocycles. The lowest BCUT2D eigenvalue weighted by Gasteiger charge is -2.13. The molecule has 1 unspecified atom stereocenters. The summed E-state index contributed by atoms with van der Waals surface area (Å²) in [5.74, 6) is 0.0831. The van der Waals surface area contributed by atoms with E-state index in [0.29, 0.717) is 6.61 Å². The molecule has 1 aromatic rings. The Balaban J connectivity index is 2.92. The summed E-state index contributed by atoms with van der Waals surface area (Å²) in [6.07, 6.45) is 1.07. The summed E-state index contributed by atoms with van der Waals surface area (Å²) in [7, 11) is 1.54. The van der Waals surface area contributed by atoms with E-state index in [2.05, 4.69) is 15.3 Å². The molecule has 88 valence electrons. The van der Waals surface area contributed by atoms with E-state index in [-0.39, 0.29) is 23.5 Å². The topological polar surface area (TPSA) is 116 Å². The van der Waals surface area contributed by atoms with Gasteiger partial charge in [0.15, 0.2) is 0 Å². The van der Waals surface area contributed by atoms with Gasteiger partial charge in [-0.1, -0.05) is 0 Å². The van der Waals surface area contributed by atoms with Gasteiger partial charge in [-0.2, -0.15) is 4.98 Å². The number of nitrogen functional groups attached to an aromatic ring is 1. The molecule has 0 fully saturated rings. The standard InChI is InChI=1S/C8H13N5O3/c1-5(4-16-2)11-7-6(13(14)15)3-10-8(9)12-7/h3,5H,4H2,1-2H3,(H3,9,10,11,12). The summed E-state index contributed by atoms with van der Waals surface area (Å²) in [4.78, 5) is 17.5. The van der Waals surface area contributed by atoms with Crippen LogP contribution in [-0.4, -0.2) is 34.6 Å². The predicted octanol–water partition coefficient (Wildman–Crippen LogP) is 0.414. The zero-order chi connectivity index (χ0) is 12.1. The molecule has 1 aromatic heterocycles. The van der Waals surface area contributed by atoms with Crippen molar-refractivity contribution in [3.05, 3.63) is 16.3 Å². The highest BCUT2D eigenvalue weighted by Gasteiger charge is 2.18. The number of hydrogen-bond donors (Lipinski definition) is 2. The number of nitrogens with zero attached hydrogens (tertiary/aromatic N) is 3. The third kappa shape index (κ3) is 3.02. The Morgan fingerprint density at radius 3 is 3.00 bits per heavy atom. The van der Waals surface area contributed by atoms with Crippen molar-refractivity contribution in [1.82, 2.24) is 9.97 Å². The van der Waals surface area contributed by atoms with E-state index in [0.717, 1.165) is 6.20 Å². The number of ether oxygens (including phenoxy) is 1. The van der Waals surface area contributed by atoms with E-state index in [9.17, 15) is 10.1 Å². The monoisotopic (exact) mass is 227 g/mol. The molecule has 0 aliphatic heterocycles. The normalized spacial score (nSPS) is 12.1. The van der Waals surface area contributed by atoms with Crippen molar-refractivity contribution >= 4 is 17.5 Å². The molecule has 0 amide bonds. The number of anilines is 2. The summed E-state index contributed by atoms with van der Waals surface area (Å²) in [6, 6.07) is -0.113. The highest BCUT2D eigenvalue weighted by Crippen LogP contribution is 2.21. The lowest BCUT2D eigenvalue weighted by atomic mass is 10.3. The number of methoxy groups -OCH3 is 1. The van der Waals surface area contributed by atoms with Gasteiger partial charge >= 0.3 is 5.69 Å². The Kier molecular flexibility index (Phi) is 3.95. The molecule has 1 heterocycles. The van der Waals surface area contributed by atoms with Gasteiger partial charge in [0.05, 0.1) is 11.5 Å². The van der Waals surface area contributed by atoms with Gasteiger partial charge in [-0.15, -0.1) is 0 Å². The van der Waals surface area contributed by atoms with Gasteiger partial charge < -0.3 is 15.8 Å². The number of hydrogen-bond acceptors (Lipinski definition) is 7. The van der Waals surface area contributed by atoms with Crippen LogP contribution < -0.4 is 11.1 Å². The number of nitro groups is 1. The molecule has 1 rings (SSSR count). The third-order valence-corrected chi connectivity index (χ3v) is 1.78. The van der Waals surface area contributed by atoms with Gasteiger partial charge in [0.1, 0.15) is 6.20 Å². The number of aromatic nitrogens is 2. The van der Waals surface area contributed by atoms with Gasteiger partial charge in [-0.3, -0.25) is 10.1 Å². The van der Waals surface area contributed by atoms with E-state index >= 15 is 0 Å². The minimum absolute atomic E-state index is 0.0160. The Bertz CT molecular complexity index is 384. The number of nitrogens with one attached hydrogen (secondary N) is 1. The third-order valence-electron chi connectivity index (χ3n) is 1.78. The maximum Gasteiger partial charge on any atom is 0.329 e. The van der Waals surface area contributed by atoms with Crippen molar-refractivity contribution in [3.8, 4) is 0 Å². The molecule has 0 radical (unpaired) electrons. The summed E-state index contributed by atoms with van der Waals surface area (Å²) in [5, 5.41) is 13.5. The lowest BCUT2D eigenvalue weighted by molar-refractivity contribution is -0.384. The largest absolute Gasteiger partial charge is 0.383 e. The molecular formula is C8H13N5O3. The molecule has 1 atom stereocenters. The molecule has 16 heavy (non-hydrogen) atoms. The van der Waals surface area contributed by atoms with Crippen molar-refractivity contribution in [3.63, 3.8) is 0 Å². The van der Waals surface area contributed by atoms with E-state index in [1.165, 1.54) is 0 Å². The fraction of sp³-hybridized carbons (Fsp3) is 0.500. The van der Waals surface area contributed by atoms with E-state index in [4.69, 9.17) is 10.5 Å². The molecule has 0 aliphatic rings. The van der Waals surface area contributed by atoms with Crippen molar-refractivity contribution in [1.29, 1.82) is 0 Å². The van der Waals surface area contributed by atoms with Crippen molar-refractivity contribution in [2.24, 2.45) is 0 Å². The maximum atomic E-state index is 10.7. The number of nitrogens with two attached hydrogens (primary N) is 1. The highest BCUT2D eigenvalue weighted by atomic mass is 16.6. The summed E-state index contributed by atoms with van der Waals surface area (Å²) >= 11 is 0. The first kappa shape index (κ1) is 12.1. The SMILES string of the molecule is COCC(C)Nc1nc(N)ncc1[N+](=O)[O-]. The molecule has 0 spiro atoms.